The minimum absolute atomic E-state index is 0.243. The van der Waals surface area contributed by atoms with Gasteiger partial charge in [-0.2, -0.15) is 0 Å². The van der Waals surface area contributed by atoms with E-state index in [-0.39, 0.29) is 12.3 Å². The van der Waals surface area contributed by atoms with E-state index in [9.17, 15) is 14.7 Å². The molecule has 1 aliphatic heterocycles. The molecular weight excluding hydrogens is 434 g/mol. The second-order valence-corrected chi connectivity index (χ2v) is 8.73. The second kappa shape index (κ2) is 12.8. The highest BCUT2D eigenvalue weighted by Crippen LogP contribution is 2.20. The predicted octanol–water partition coefficient (Wildman–Crippen LogP) is 1.99. The number of aryl methyl sites for hydroxylation is 3. The molecule has 1 aliphatic rings. The summed E-state index contributed by atoms with van der Waals surface area (Å²) < 4.78 is 0. The number of fused-ring (bicyclic) bond motifs is 1. The summed E-state index contributed by atoms with van der Waals surface area (Å²) in [5.74, 6) is 0.129. The molecule has 3 heterocycles. The van der Waals surface area contributed by atoms with Crippen LogP contribution in [0.4, 0.5) is 11.6 Å². The van der Waals surface area contributed by atoms with Crippen LogP contribution < -0.4 is 16.4 Å². The van der Waals surface area contributed by atoms with E-state index in [2.05, 4.69) is 37.6 Å². The van der Waals surface area contributed by atoms with E-state index in [0.717, 1.165) is 56.7 Å². The molecule has 3 rings (SSSR count). The third-order valence-electron chi connectivity index (χ3n) is 5.89. The molecule has 1 atom stereocenters. The molecule has 1 amide bonds. The molecule has 10 heteroatoms. The van der Waals surface area contributed by atoms with E-state index in [4.69, 9.17) is 10.7 Å². The van der Waals surface area contributed by atoms with Gasteiger partial charge < -0.3 is 26.4 Å². The SMILES string of the molecule is Cc1cncc(N[C@@H](CCN(CCCCc2ccc3c(n2)NCCC3)CCC(N)=O)C(=O)O)n1. The van der Waals surface area contributed by atoms with Gasteiger partial charge in [-0.15, -0.1) is 0 Å². The van der Waals surface area contributed by atoms with Gasteiger partial charge >= 0.3 is 5.97 Å². The number of pyridine rings is 1. The molecule has 5 N–H and O–H groups in total. The summed E-state index contributed by atoms with van der Waals surface area (Å²) in [4.78, 5) is 38.3. The molecule has 0 fully saturated rings. The van der Waals surface area contributed by atoms with Crippen molar-refractivity contribution in [2.24, 2.45) is 5.73 Å². The van der Waals surface area contributed by atoms with Crippen LogP contribution in [-0.4, -0.2) is 69.1 Å². The number of primary amides is 1. The first-order valence-corrected chi connectivity index (χ1v) is 11.9. The van der Waals surface area contributed by atoms with Crippen LogP contribution in [-0.2, 0) is 22.4 Å². The van der Waals surface area contributed by atoms with E-state index in [1.165, 1.54) is 11.8 Å². The fraction of sp³-hybridized carbons (Fsp3) is 0.542. The Morgan fingerprint density at radius 2 is 2.06 bits per heavy atom. The Hall–Kier alpha value is -3.27. The molecule has 0 bridgehead atoms. The number of carbonyl (C=O) groups is 2. The number of nitrogens with zero attached hydrogens (tertiary/aromatic N) is 4. The van der Waals surface area contributed by atoms with E-state index < -0.39 is 12.0 Å². The maximum Gasteiger partial charge on any atom is 0.326 e. The Kier molecular flexibility index (Phi) is 9.57. The molecule has 2 aromatic heterocycles. The van der Waals surface area contributed by atoms with Gasteiger partial charge in [0.05, 0.1) is 11.9 Å². The zero-order valence-corrected chi connectivity index (χ0v) is 19.8. The fourth-order valence-corrected chi connectivity index (χ4v) is 4.03. The van der Waals surface area contributed by atoms with Gasteiger partial charge in [0.15, 0.2) is 0 Å². The number of hydrogen-bond donors (Lipinski definition) is 4. The van der Waals surface area contributed by atoms with Crippen LogP contribution in [0.2, 0.25) is 0 Å². The first-order chi connectivity index (χ1) is 16.4. The largest absolute Gasteiger partial charge is 0.480 e. The quantitative estimate of drug-likeness (QED) is 0.305. The molecule has 0 unspecified atom stereocenters. The van der Waals surface area contributed by atoms with Crippen molar-refractivity contribution in [3.63, 3.8) is 0 Å². The van der Waals surface area contributed by atoms with Gasteiger partial charge in [-0.05, 0) is 63.6 Å². The average Bonchev–Trinajstić information content (AvgIpc) is 2.81. The summed E-state index contributed by atoms with van der Waals surface area (Å²) in [6.45, 7) is 4.56. The standard InChI is InChI=1S/C24H35N7O3/c1-17-15-26-16-22(28-17)30-20(24(33)34)9-13-31(14-10-21(25)32)12-3-2-6-19-8-7-18-5-4-11-27-23(18)29-19/h7-8,15-16,20H,2-6,9-14H2,1H3,(H2,25,32)(H,27,29)(H,28,30)(H,33,34)/t20-/m0/s1. The Morgan fingerprint density at radius 3 is 2.82 bits per heavy atom. The summed E-state index contributed by atoms with van der Waals surface area (Å²) >= 11 is 0. The number of nitrogens with one attached hydrogen (secondary N) is 2. The lowest BCUT2D eigenvalue weighted by atomic mass is 10.1. The Balaban J connectivity index is 1.49. The third-order valence-corrected chi connectivity index (χ3v) is 5.89. The van der Waals surface area contributed by atoms with Gasteiger partial charge in [0.2, 0.25) is 5.91 Å². The highest BCUT2D eigenvalue weighted by molar-refractivity contribution is 5.76. The van der Waals surface area contributed by atoms with Gasteiger partial charge in [0, 0.05) is 37.9 Å². The normalized spacial score (nSPS) is 13.7. The van der Waals surface area contributed by atoms with Crippen molar-refractivity contribution >= 4 is 23.5 Å². The van der Waals surface area contributed by atoms with E-state index in [1.54, 1.807) is 13.1 Å². The number of hydrogen-bond acceptors (Lipinski definition) is 8. The molecule has 0 saturated carbocycles. The molecular formula is C24H35N7O3. The van der Waals surface area contributed by atoms with Crippen molar-refractivity contribution < 1.29 is 14.7 Å². The van der Waals surface area contributed by atoms with Gasteiger partial charge in [-0.25, -0.2) is 14.8 Å². The molecule has 184 valence electrons. The van der Waals surface area contributed by atoms with Crippen LogP contribution in [0.1, 0.15) is 49.1 Å². The minimum atomic E-state index is -0.953. The summed E-state index contributed by atoms with van der Waals surface area (Å²) in [5, 5.41) is 16.0. The molecule has 0 aromatic carbocycles. The number of carboxylic acid groups (broad SMARTS) is 1. The van der Waals surface area contributed by atoms with Crippen LogP contribution in [0.3, 0.4) is 0 Å². The summed E-state index contributed by atoms with van der Waals surface area (Å²) in [5.41, 5.74) is 8.41. The number of carbonyl (C=O) groups excluding carboxylic acids is 1. The molecule has 0 aliphatic carbocycles. The lowest BCUT2D eigenvalue weighted by Gasteiger charge is -2.24. The molecule has 0 radical (unpaired) electrons. The van der Waals surface area contributed by atoms with Crippen LogP contribution in [0, 0.1) is 6.92 Å². The summed E-state index contributed by atoms with van der Waals surface area (Å²) in [6.07, 6.45) is 8.70. The van der Waals surface area contributed by atoms with E-state index in [1.807, 2.05) is 0 Å². The third kappa shape index (κ3) is 8.26. The lowest BCUT2D eigenvalue weighted by molar-refractivity contribution is -0.138. The second-order valence-electron chi connectivity index (χ2n) is 8.73. The van der Waals surface area contributed by atoms with Crippen molar-refractivity contribution in [1.82, 2.24) is 19.9 Å². The van der Waals surface area contributed by atoms with Gasteiger partial charge in [-0.1, -0.05) is 6.07 Å². The van der Waals surface area contributed by atoms with Gasteiger partial charge in [-0.3, -0.25) is 9.78 Å². The zero-order chi connectivity index (χ0) is 24.3. The van der Waals surface area contributed by atoms with Crippen molar-refractivity contribution in [2.45, 2.75) is 57.9 Å². The van der Waals surface area contributed by atoms with Crippen LogP contribution >= 0.6 is 0 Å². The molecule has 0 saturated heterocycles. The van der Waals surface area contributed by atoms with Crippen LogP contribution in [0.25, 0.3) is 0 Å². The van der Waals surface area contributed by atoms with E-state index >= 15 is 0 Å². The molecule has 0 spiro atoms. The van der Waals surface area contributed by atoms with Crippen molar-refractivity contribution in [2.75, 3.05) is 36.8 Å². The van der Waals surface area contributed by atoms with Crippen molar-refractivity contribution in [3.05, 3.63) is 41.5 Å². The first kappa shape index (κ1) is 25.4. The van der Waals surface area contributed by atoms with Crippen molar-refractivity contribution in [1.29, 1.82) is 0 Å². The van der Waals surface area contributed by atoms with Crippen LogP contribution in [0.5, 0.6) is 0 Å². The maximum absolute atomic E-state index is 11.8. The molecule has 2 aromatic rings. The monoisotopic (exact) mass is 469 g/mol. The molecule has 34 heavy (non-hydrogen) atoms. The highest BCUT2D eigenvalue weighted by Gasteiger charge is 2.20. The highest BCUT2D eigenvalue weighted by atomic mass is 16.4. The number of unbranched alkanes of at least 4 members (excludes halogenated alkanes) is 1. The average molecular weight is 470 g/mol. The van der Waals surface area contributed by atoms with Crippen molar-refractivity contribution in [3.8, 4) is 0 Å². The Morgan fingerprint density at radius 1 is 1.21 bits per heavy atom. The number of amides is 1. The number of carboxylic acids is 1. The first-order valence-electron chi connectivity index (χ1n) is 11.9. The number of rotatable bonds is 14. The number of aliphatic carboxylic acids is 1. The Bertz CT molecular complexity index is 969. The van der Waals surface area contributed by atoms with Crippen LogP contribution in [0.15, 0.2) is 24.5 Å². The topological polar surface area (TPSA) is 146 Å². The maximum atomic E-state index is 11.8. The molecule has 10 nitrogen and oxygen atoms in total. The summed E-state index contributed by atoms with van der Waals surface area (Å²) in [7, 11) is 0. The predicted molar refractivity (Wildman–Crippen MR) is 131 cm³/mol. The number of nitrogens with two attached hydrogens (primary N) is 1. The van der Waals surface area contributed by atoms with E-state index in [0.29, 0.717) is 31.0 Å². The zero-order valence-electron chi connectivity index (χ0n) is 19.8. The van der Waals surface area contributed by atoms with Gasteiger partial charge in [0.1, 0.15) is 17.7 Å². The smallest absolute Gasteiger partial charge is 0.326 e. The number of anilines is 2. The number of aromatic nitrogens is 3. The Labute approximate surface area is 200 Å². The lowest BCUT2D eigenvalue weighted by Crippen LogP contribution is -2.37. The fourth-order valence-electron chi connectivity index (χ4n) is 4.03. The van der Waals surface area contributed by atoms with Gasteiger partial charge in [0.25, 0.3) is 0 Å². The minimum Gasteiger partial charge on any atom is -0.480 e. The summed E-state index contributed by atoms with van der Waals surface area (Å²) in [6, 6.07) is 3.47.